The fourth-order valence-electron chi connectivity index (χ4n) is 1.21. The number of halogens is 2. The summed E-state index contributed by atoms with van der Waals surface area (Å²) in [6.45, 7) is 0. The van der Waals surface area contributed by atoms with Gasteiger partial charge in [0.05, 0.1) is 0 Å². The predicted molar refractivity (Wildman–Crippen MR) is 77.5 cm³/mol. The number of anilines is 1. The number of rotatable bonds is 1. The quantitative estimate of drug-likeness (QED) is 0.561. The van der Waals surface area contributed by atoms with Crippen LogP contribution in [0.15, 0.2) is 22.7 Å². The Bertz CT molecular complexity index is 598. The van der Waals surface area contributed by atoms with Gasteiger partial charge in [0.25, 0.3) is 0 Å². The highest BCUT2D eigenvalue weighted by molar-refractivity contribution is 14.1. The van der Waals surface area contributed by atoms with Crippen LogP contribution in [0.25, 0.3) is 11.4 Å². The van der Waals surface area contributed by atoms with Gasteiger partial charge in [-0.3, -0.25) is 0 Å². The average molecular weight is 409 g/mol. The van der Waals surface area contributed by atoms with Gasteiger partial charge < -0.3 is 10.7 Å². The van der Waals surface area contributed by atoms with Crippen LogP contribution in [0.5, 0.6) is 0 Å². The summed E-state index contributed by atoms with van der Waals surface area (Å²) in [6, 6.07) is 5.90. The van der Waals surface area contributed by atoms with E-state index < -0.39 is 0 Å². The Hall–Kier alpha value is -0.540. The zero-order valence-corrected chi connectivity index (χ0v) is 12.4. The minimum Gasteiger partial charge on any atom is -0.369 e. The number of aromatic amines is 1. The van der Waals surface area contributed by atoms with Gasteiger partial charge in [0.15, 0.2) is 0 Å². The minimum atomic E-state index is 0.238. The molecule has 0 aliphatic rings. The zero-order valence-electron chi connectivity index (χ0n) is 7.87. The topological polar surface area (TPSA) is 67.6 Å². The van der Waals surface area contributed by atoms with Crippen molar-refractivity contribution in [2.75, 3.05) is 5.73 Å². The highest BCUT2D eigenvalue weighted by atomic mass is 127. The maximum atomic E-state index is 5.60. The second-order valence-corrected chi connectivity index (χ2v) is 5.43. The van der Waals surface area contributed by atoms with Crippen molar-refractivity contribution in [2.45, 2.75) is 0 Å². The molecule has 0 saturated carbocycles. The van der Waals surface area contributed by atoms with E-state index in [1.54, 1.807) is 0 Å². The third-order valence-electron chi connectivity index (χ3n) is 1.85. The van der Waals surface area contributed by atoms with Crippen molar-refractivity contribution in [3.05, 3.63) is 31.0 Å². The molecule has 0 spiro atoms. The number of aromatic nitrogens is 3. The summed E-state index contributed by atoms with van der Waals surface area (Å²) in [5, 5.41) is 0. The number of nitrogens with one attached hydrogen (secondary N) is 1. The number of nitrogen functional groups attached to an aromatic ring is 1. The molecule has 1 heterocycles. The molecular weight excluding hydrogens is 403 g/mol. The fourth-order valence-corrected chi connectivity index (χ4v) is 2.35. The smallest absolute Gasteiger partial charge is 0.224 e. The van der Waals surface area contributed by atoms with Gasteiger partial charge in [0.2, 0.25) is 10.7 Å². The van der Waals surface area contributed by atoms with E-state index in [0.717, 1.165) is 13.6 Å². The van der Waals surface area contributed by atoms with Crippen LogP contribution in [-0.2, 0) is 0 Å². The Kier molecular flexibility index (Phi) is 3.55. The molecular formula is C9H6BrIN4S. The molecule has 0 aliphatic carbocycles. The maximum absolute atomic E-state index is 5.60. The molecule has 2 aromatic rings. The second kappa shape index (κ2) is 4.76. The first-order valence-corrected chi connectivity index (χ1v) is 6.53. The van der Waals surface area contributed by atoms with Gasteiger partial charge in [-0.1, -0.05) is 15.9 Å². The van der Waals surface area contributed by atoms with Crippen LogP contribution in [0.1, 0.15) is 0 Å². The predicted octanol–water partition coefficient (Wildman–Crippen LogP) is 3.15. The van der Waals surface area contributed by atoms with Crippen LogP contribution in [-0.4, -0.2) is 15.0 Å². The van der Waals surface area contributed by atoms with Crippen LogP contribution >= 0.6 is 50.7 Å². The number of nitrogens with zero attached hydrogens (tertiary/aromatic N) is 2. The number of nitrogens with two attached hydrogens (primary N) is 1. The molecule has 1 aromatic carbocycles. The lowest BCUT2D eigenvalue weighted by Gasteiger charge is -2.05. The van der Waals surface area contributed by atoms with Gasteiger partial charge in [0, 0.05) is 13.6 Å². The lowest BCUT2D eigenvalue weighted by atomic mass is 10.2. The molecule has 4 nitrogen and oxygen atoms in total. The third kappa shape index (κ3) is 2.58. The molecule has 0 aliphatic heterocycles. The summed E-state index contributed by atoms with van der Waals surface area (Å²) in [7, 11) is 0. The maximum Gasteiger partial charge on any atom is 0.224 e. The highest BCUT2D eigenvalue weighted by Crippen LogP contribution is 2.25. The molecule has 0 saturated heterocycles. The summed E-state index contributed by atoms with van der Waals surface area (Å²) in [5.74, 6) is 0.897. The highest BCUT2D eigenvalue weighted by Gasteiger charge is 2.06. The van der Waals surface area contributed by atoms with Crippen molar-refractivity contribution < 1.29 is 0 Å². The van der Waals surface area contributed by atoms with Crippen LogP contribution in [0.3, 0.4) is 0 Å². The number of H-pyrrole nitrogens is 1. The molecule has 0 radical (unpaired) electrons. The van der Waals surface area contributed by atoms with Crippen molar-refractivity contribution >= 4 is 56.7 Å². The summed E-state index contributed by atoms with van der Waals surface area (Å²) in [6.07, 6.45) is 0. The summed E-state index contributed by atoms with van der Waals surface area (Å²) in [5.41, 5.74) is 6.54. The van der Waals surface area contributed by atoms with Crippen LogP contribution in [0.2, 0.25) is 0 Å². The number of hydrogen-bond donors (Lipinski definition) is 2. The lowest BCUT2D eigenvalue weighted by Crippen LogP contribution is -2.00. The molecule has 3 N–H and O–H groups in total. The van der Waals surface area contributed by atoms with Gasteiger partial charge in [-0.25, -0.2) is 4.98 Å². The molecule has 0 atom stereocenters. The van der Waals surface area contributed by atoms with E-state index in [4.69, 9.17) is 18.0 Å². The SMILES string of the molecule is Nc1nc(=S)nc(-c2cc(Br)ccc2I)[nH]1. The molecule has 0 unspecified atom stereocenters. The molecule has 0 bridgehead atoms. The molecule has 2 rings (SSSR count). The summed E-state index contributed by atoms with van der Waals surface area (Å²) in [4.78, 5) is 10.9. The first-order chi connectivity index (χ1) is 7.56. The first-order valence-electron chi connectivity index (χ1n) is 4.25. The number of benzene rings is 1. The Morgan fingerprint density at radius 3 is 2.81 bits per heavy atom. The fraction of sp³-hybridized carbons (Fsp3) is 0. The lowest BCUT2D eigenvalue weighted by molar-refractivity contribution is 1.05. The van der Waals surface area contributed by atoms with Crippen LogP contribution in [0, 0.1) is 8.34 Å². The zero-order chi connectivity index (χ0) is 11.7. The van der Waals surface area contributed by atoms with Gasteiger partial charge in [-0.05, 0) is 53.0 Å². The summed E-state index contributed by atoms with van der Waals surface area (Å²) >= 11 is 10.6. The van der Waals surface area contributed by atoms with Gasteiger partial charge in [0.1, 0.15) is 5.82 Å². The van der Waals surface area contributed by atoms with E-state index in [-0.39, 0.29) is 10.7 Å². The summed E-state index contributed by atoms with van der Waals surface area (Å²) < 4.78 is 2.27. The van der Waals surface area contributed by atoms with E-state index in [9.17, 15) is 0 Å². The number of hydrogen-bond acceptors (Lipinski definition) is 4. The molecule has 7 heteroatoms. The molecule has 0 amide bonds. The van der Waals surface area contributed by atoms with Crippen molar-refractivity contribution in [3.8, 4) is 11.4 Å². The van der Waals surface area contributed by atoms with Gasteiger partial charge in [-0.2, -0.15) is 4.98 Å². The van der Waals surface area contributed by atoms with Crippen molar-refractivity contribution in [1.82, 2.24) is 15.0 Å². The molecule has 82 valence electrons. The normalized spacial score (nSPS) is 10.4. The molecule has 1 aromatic heterocycles. The second-order valence-electron chi connectivity index (χ2n) is 2.99. The minimum absolute atomic E-state index is 0.238. The van der Waals surface area contributed by atoms with Crippen molar-refractivity contribution in [1.29, 1.82) is 0 Å². The Labute approximate surface area is 119 Å². The van der Waals surface area contributed by atoms with Crippen LogP contribution < -0.4 is 5.73 Å². The standard InChI is InChI=1S/C9H6BrIN4S/c10-4-1-2-6(11)5(3-4)7-13-8(12)15-9(16)14-7/h1-3H,(H3,12,13,14,15,16). The monoisotopic (exact) mass is 408 g/mol. The average Bonchev–Trinajstić information content (AvgIpc) is 2.20. The van der Waals surface area contributed by atoms with E-state index in [1.807, 2.05) is 18.2 Å². The Morgan fingerprint density at radius 1 is 1.38 bits per heavy atom. The molecule has 0 fully saturated rings. The van der Waals surface area contributed by atoms with Crippen molar-refractivity contribution in [3.63, 3.8) is 0 Å². The Balaban J connectivity index is 2.66. The van der Waals surface area contributed by atoms with Gasteiger partial charge >= 0.3 is 0 Å². The van der Waals surface area contributed by atoms with E-state index in [2.05, 4.69) is 53.5 Å². The van der Waals surface area contributed by atoms with Crippen molar-refractivity contribution in [2.24, 2.45) is 0 Å². The first kappa shape index (κ1) is 11.9. The molecule has 16 heavy (non-hydrogen) atoms. The van der Waals surface area contributed by atoms with E-state index in [1.165, 1.54) is 0 Å². The van der Waals surface area contributed by atoms with Crippen LogP contribution in [0.4, 0.5) is 5.95 Å². The van der Waals surface area contributed by atoms with Gasteiger partial charge in [-0.15, -0.1) is 0 Å². The third-order valence-corrected chi connectivity index (χ3v) is 3.47. The largest absolute Gasteiger partial charge is 0.369 e. The van der Waals surface area contributed by atoms with E-state index >= 15 is 0 Å². The van der Waals surface area contributed by atoms with E-state index in [0.29, 0.717) is 5.82 Å². The Morgan fingerprint density at radius 2 is 2.12 bits per heavy atom.